The summed E-state index contributed by atoms with van der Waals surface area (Å²) in [5, 5.41) is 0. The van der Waals surface area contributed by atoms with Crippen LogP contribution in [-0.2, 0) is 14.3 Å². The van der Waals surface area contributed by atoms with Crippen LogP contribution < -0.4 is 0 Å². The zero-order valence-electron chi connectivity index (χ0n) is 7.09. The first-order valence-electron chi connectivity index (χ1n) is 3.67. The second-order valence-corrected chi connectivity index (χ2v) is 2.65. The maximum atomic E-state index is 11.2. The predicted molar refractivity (Wildman–Crippen MR) is 43.5 cm³/mol. The number of rotatable bonds is 2. The molecule has 0 unspecified atom stereocenters. The fourth-order valence-electron chi connectivity index (χ4n) is 0.923. The highest BCUT2D eigenvalue weighted by Gasteiger charge is 2.16. The SMILES string of the molecule is CC(=O)OCC1=CC=C(C)C1=O. The lowest BCUT2D eigenvalue weighted by Gasteiger charge is -2.01. The second-order valence-electron chi connectivity index (χ2n) is 2.65. The Morgan fingerprint density at radius 3 is 2.58 bits per heavy atom. The summed E-state index contributed by atoms with van der Waals surface area (Å²) in [4.78, 5) is 21.6. The van der Waals surface area contributed by atoms with Crippen molar-refractivity contribution in [3.63, 3.8) is 0 Å². The van der Waals surface area contributed by atoms with E-state index in [2.05, 4.69) is 4.74 Å². The number of hydrogen-bond donors (Lipinski definition) is 0. The lowest BCUT2D eigenvalue weighted by Crippen LogP contribution is -2.09. The van der Waals surface area contributed by atoms with E-state index in [1.165, 1.54) is 6.92 Å². The van der Waals surface area contributed by atoms with Crippen LogP contribution >= 0.6 is 0 Å². The van der Waals surface area contributed by atoms with Crippen molar-refractivity contribution in [3.05, 3.63) is 23.3 Å². The van der Waals surface area contributed by atoms with Crippen molar-refractivity contribution in [2.75, 3.05) is 6.61 Å². The van der Waals surface area contributed by atoms with Crippen LogP contribution in [0, 0.1) is 0 Å². The standard InChI is InChI=1S/C9H10O3/c1-6-3-4-8(9(6)11)5-12-7(2)10/h3-4H,5H2,1-2H3. The molecule has 0 aromatic heterocycles. The van der Waals surface area contributed by atoms with Crippen LogP contribution in [0.15, 0.2) is 23.3 Å². The van der Waals surface area contributed by atoms with E-state index in [0.29, 0.717) is 11.1 Å². The molecule has 0 atom stereocenters. The number of carbonyl (C=O) groups excluding carboxylic acids is 2. The number of allylic oxidation sites excluding steroid dienone is 3. The van der Waals surface area contributed by atoms with Gasteiger partial charge in [-0.2, -0.15) is 0 Å². The first kappa shape index (κ1) is 8.71. The van der Waals surface area contributed by atoms with Crippen LogP contribution in [0.3, 0.4) is 0 Å². The van der Waals surface area contributed by atoms with Gasteiger partial charge in [-0.1, -0.05) is 12.2 Å². The van der Waals surface area contributed by atoms with Crippen LogP contribution in [0.25, 0.3) is 0 Å². The summed E-state index contributed by atoms with van der Waals surface area (Å²) < 4.78 is 4.68. The third-order valence-electron chi connectivity index (χ3n) is 1.62. The van der Waals surface area contributed by atoms with Gasteiger partial charge in [0.1, 0.15) is 6.61 Å². The van der Waals surface area contributed by atoms with Crippen LogP contribution in [0.1, 0.15) is 13.8 Å². The van der Waals surface area contributed by atoms with Gasteiger partial charge in [0.2, 0.25) is 0 Å². The topological polar surface area (TPSA) is 43.4 Å². The molecule has 0 spiro atoms. The van der Waals surface area contributed by atoms with Gasteiger partial charge in [0, 0.05) is 12.5 Å². The van der Waals surface area contributed by atoms with Gasteiger partial charge in [0.15, 0.2) is 5.78 Å². The molecular formula is C9H10O3. The molecule has 3 heteroatoms. The summed E-state index contributed by atoms with van der Waals surface area (Å²) in [6.45, 7) is 3.14. The summed E-state index contributed by atoms with van der Waals surface area (Å²) in [6, 6.07) is 0. The Bertz CT molecular complexity index is 284. The van der Waals surface area contributed by atoms with E-state index in [-0.39, 0.29) is 18.4 Å². The molecule has 0 N–H and O–H groups in total. The Labute approximate surface area is 70.7 Å². The Hall–Kier alpha value is -1.38. The smallest absolute Gasteiger partial charge is 0.302 e. The summed E-state index contributed by atoms with van der Waals surface area (Å²) in [5.74, 6) is -0.399. The largest absolute Gasteiger partial charge is 0.461 e. The van der Waals surface area contributed by atoms with Crippen molar-refractivity contribution in [3.8, 4) is 0 Å². The highest BCUT2D eigenvalue weighted by molar-refractivity contribution is 6.11. The minimum Gasteiger partial charge on any atom is -0.461 e. The number of Topliss-reactive ketones (excluding diaryl/α,β-unsaturated/α-hetero) is 1. The maximum Gasteiger partial charge on any atom is 0.302 e. The van der Waals surface area contributed by atoms with E-state index in [1.807, 2.05) is 0 Å². The van der Waals surface area contributed by atoms with Gasteiger partial charge in [-0.25, -0.2) is 0 Å². The van der Waals surface area contributed by atoms with Crippen LogP contribution in [-0.4, -0.2) is 18.4 Å². The fourth-order valence-corrected chi connectivity index (χ4v) is 0.923. The fraction of sp³-hybridized carbons (Fsp3) is 0.333. The van der Waals surface area contributed by atoms with E-state index in [4.69, 9.17) is 0 Å². The molecule has 0 bridgehead atoms. The van der Waals surface area contributed by atoms with Crippen molar-refractivity contribution in [2.24, 2.45) is 0 Å². The van der Waals surface area contributed by atoms with Gasteiger partial charge >= 0.3 is 5.97 Å². The molecule has 1 aliphatic rings. The van der Waals surface area contributed by atoms with Crippen LogP contribution in [0.2, 0.25) is 0 Å². The molecule has 0 saturated heterocycles. The number of ether oxygens (including phenoxy) is 1. The van der Waals surface area contributed by atoms with Crippen LogP contribution in [0.5, 0.6) is 0 Å². The molecule has 1 aliphatic carbocycles. The Morgan fingerprint density at radius 1 is 1.50 bits per heavy atom. The van der Waals surface area contributed by atoms with Crippen LogP contribution in [0.4, 0.5) is 0 Å². The Kier molecular flexibility index (Phi) is 2.43. The first-order valence-corrected chi connectivity index (χ1v) is 3.67. The first-order chi connectivity index (χ1) is 5.61. The minimum atomic E-state index is -0.367. The normalized spacial score (nSPS) is 15.7. The monoisotopic (exact) mass is 166 g/mol. The zero-order valence-corrected chi connectivity index (χ0v) is 7.09. The van der Waals surface area contributed by atoms with Crippen molar-refractivity contribution in [2.45, 2.75) is 13.8 Å². The molecule has 0 heterocycles. The molecule has 12 heavy (non-hydrogen) atoms. The van der Waals surface area contributed by atoms with Crippen molar-refractivity contribution < 1.29 is 14.3 Å². The highest BCUT2D eigenvalue weighted by Crippen LogP contribution is 2.13. The second kappa shape index (κ2) is 3.34. The van der Waals surface area contributed by atoms with Crippen molar-refractivity contribution in [1.82, 2.24) is 0 Å². The Balaban J connectivity index is 2.48. The number of carbonyl (C=O) groups is 2. The van der Waals surface area contributed by atoms with Crippen molar-refractivity contribution in [1.29, 1.82) is 0 Å². The van der Waals surface area contributed by atoms with Gasteiger partial charge < -0.3 is 4.74 Å². The summed E-state index contributed by atoms with van der Waals surface area (Å²) in [7, 11) is 0. The van der Waals surface area contributed by atoms with Gasteiger partial charge in [0.25, 0.3) is 0 Å². The lowest BCUT2D eigenvalue weighted by molar-refractivity contribution is -0.140. The summed E-state index contributed by atoms with van der Waals surface area (Å²) in [5.41, 5.74) is 1.24. The molecular weight excluding hydrogens is 156 g/mol. The van der Waals surface area contributed by atoms with E-state index < -0.39 is 0 Å². The molecule has 3 nitrogen and oxygen atoms in total. The van der Waals surface area contributed by atoms with E-state index in [9.17, 15) is 9.59 Å². The van der Waals surface area contributed by atoms with E-state index in [0.717, 1.165) is 0 Å². The number of esters is 1. The number of hydrogen-bond acceptors (Lipinski definition) is 3. The minimum absolute atomic E-state index is 0.0312. The van der Waals surface area contributed by atoms with Gasteiger partial charge in [-0.3, -0.25) is 9.59 Å². The third kappa shape index (κ3) is 1.81. The van der Waals surface area contributed by atoms with E-state index in [1.54, 1.807) is 19.1 Å². The Morgan fingerprint density at radius 2 is 2.17 bits per heavy atom. The quantitative estimate of drug-likeness (QED) is 0.575. The molecule has 0 amide bonds. The van der Waals surface area contributed by atoms with Gasteiger partial charge in [-0.05, 0) is 12.5 Å². The average molecular weight is 166 g/mol. The average Bonchev–Trinajstić information content (AvgIpc) is 2.30. The summed E-state index contributed by atoms with van der Waals surface area (Å²) in [6.07, 6.45) is 3.40. The molecule has 1 rings (SSSR count). The zero-order chi connectivity index (χ0) is 9.14. The van der Waals surface area contributed by atoms with E-state index >= 15 is 0 Å². The third-order valence-corrected chi connectivity index (χ3v) is 1.62. The molecule has 64 valence electrons. The number of ketones is 1. The molecule has 0 aromatic carbocycles. The lowest BCUT2D eigenvalue weighted by atomic mass is 10.1. The highest BCUT2D eigenvalue weighted by atomic mass is 16.5. The van der Waals surface area contributed by atoms with Gasteiger partial charge in [0.05, 0.1) is 0 Å². The maximum absolute atomic E-state index is 11.2. The summed E-state index contributed by atoms with van der Waals surface area (Å²) >= 11 is 0. The van der Waals surface area contributed by atoms with Crippen molar-refractivity contribution >= 4 is 11.8 Å². The predicted octanol–water partition coefficient (Wildman–Crippen LogP) is 1.00. The molecule has 0 fully saturated rings. The molecule has 0 saturated carbocycles. The molecule has 0 radical (unpaired) electrons. The molecule has 0 aliphatic heterocycles. The molecule has 0 aromatic rings. The van der Waals surface area contributed by atoms with Gasteiger partial charge in [-0.15, -0.1) is 0 Å².